The molecule has 0 aliphatic heterocycles. The molecule has 0 spiro atoms. The van der Waals surface area contributed by atoms with Crippen LogP contribution in [0.3, 0.4) is 0 Å². The molecule has 2 aromatic rings. The second-order valence-corrected chi connectivity index (χ2v) is 5.76. The van der Waals surface area contributed by atoms with E-state index in [1.807, 2.05) is 17.5 Å². The smallest absolute Gasteiger partial charge is 0.203 e. The second kappa shape index (κ2) is 6.05. The molecule has 1 unspecified atom stereocenters. The Morgan fingerprint density at radius 3 is 2.89 bits per heavy atom. The summed E-state index contributed by atoms with van der Waals surface area (Å²) in [4.78, 5) is 5.83. The number of hydrogen-bond donors (Lipinski definition) is 1. The molecular weight excluding hydrogens is 242 g/mol. The Morgan fingerprint density at radius 2 is 2.28 bits per heavy atom. The minimum atomic E-state index is 0.400. The van der Waals surface area contributed by atoms with Crippen molar-refractivity contribution < 1.29 is 0 Å². The predicted molar refractivity (Wildman–Crippen MR) is 78.4 cm³/mol. The van der Waals surface area contributed by atoms with E-state index in [1.165, 1.54) is 11.3 Å². The molecular formula is C14H21N3S. The van der Waals surface area contributed by atoms with Crippen molar-refractivity contribution in [2.75, 3.05) is 5.32 Å². The van der Waals surface area contributed by atoms with Gasteiger partial charge in [-0.1, -0.05) is 19.4 Å². The normalized spacial score (nSPS) is 12.9. The van der Waals surface area contributed by atoms with Crippen LogP contribution in [0.2, 0.25) is 0 Å². The van der Waals surface area contributed by atoms with Crippen molar-refractivity contribution in [3.05, 3.63) is 34.8 Å². The molecule has 0 aliphatic rings. The Bertz CT molecular complexity index is 459. The van der Waals surface area contributed by atoms with Crippen LogP contribution < -0.4 is 5.32 Å². The van der Waals surface area contributed by atoms with Crippen molar-refractivity contribution in [2.24, 2.45) is 0 Å². The molecule has 98 valence electrons. The molecule has 18 heavy (non-hydrogen) atoms. The van der Waals surface area contributed by atoms with Crippen molar-refractivity contribution in [1.82, 2.24) is 9.55 Å². The van der Waals surface area contributed by atoms with Gasteiger partial charge in [-0.15, -0.1) is 11.3 Å². The zero-order chi connectivity index (χ0) is 13.0. The molecule has 0 amide bonds. The Morgan fingerprint density at radius 1 is 1.44 bits per heavy atom. The molecule has 0 fully saturated rings. The fraction of sp³-hybridized carbons (Fsp3) is 0.500. The van der Waals surface area contributed by atoms with Crippen LogP contribution in [-0.4, -0.2) is 15.6 Å². The topological polar surface area (TPSA) is 29.9 Å². The lowest BCUT2D eigenvalue weighted by Gasteiger charge is -2.20. The first kappa shape index (κ1) is 13.1. The molecule has 1 atom stereocenters. The minimum absolute atomic E-state index is 0.400. The average molecular weight is 263 g/mol. The highest BCUT2D eigenvalue weighted by atomic mass is 32.1. The summed E-state index contributed by atoms with van der Waals surface area (Å²) in [6, 6.07) is 5.13. The van der Waals surface area contributed by atoms with Gasteiger partial charge in [-0.05, 0) is 31.7 Å². The lowest BCUT2D eigenvalue weighted by atomic mass is 10.1. The lowest BCUT2D eigenvalue weighted by molar-refractivity contribution is 0.543. The van der Waals surface area contributed by atoms with Gasteiger partial charge < -0.3 is 9.88 Å². The van der Waals surface area contributed by atoms with Crippen molar-refractivity contribution in [3.8, 4) is 0 Å². The van der Waals surface area contributed by atoms with E-state index in [0.717, 1.165) is 12.4 Å². The van der Waals surface area contributed by atoms with Crippen LogP contribution in [-0.2, 0) is 0 Å². The van der Waals surface area contributed by atoms with Gasteiger partial charge in [0.05, 0.1) is 6.04 Å². The van der Waals surface area contributed by atoms with E-state index in [2.05, 4.69) is 59.3 Å². The van der Waals surface area contributed by atoms with E-state index in [1.54, 1.807) is 0 Å². The highest BCUT2D eigenvalue weighted by molar-refractivity contribution is 7.10. The van der Waals surface area contributed by atoms with Crippen LogP contribution in [0.25, 0.3) is 0 Å². The number of aromatic nitrogens is 2. The third-order valence-corrected chi connectivity index (χ3v) is 3.83. The SMILES string of the molecule is CCCC(c1cccs1)n1ccnc1NC(C)C. The molecule has 0 aromatic carbocycles. The summed E-state index contributed by atoms with van der Waals surface area (Å²) in [6.45, 7) is 6.51. The van der Waals surface area contributed by atoms with Crippen LogP contribution in [0.4, 0.5) is 5.95 Å². The predicted octanol–water partition coefficient (Wildman–Crippen LogP) is 4.15. The molecule has 0 radical (unpaired) electrons. The minimum Gasteiger partial charge on any atom is -0.353 e. The van der Waals surface area contributed by atoms with Gasteiger partial charge in [0.2, 0.25) is 5.95 Å². The quantitative estimate of drug-likeness (QED) is 0.848. The Balaban J connectivity index is 2.28. The summed E-state index contributed by atoms with van der Waals surface area (Å²) in [5.74, 6) is 0.969. The van der Waals surface area contributed by atoms with Gasteiger partial charge in [-0.25, -0.2) is 4.98 Å². The highest BCUT2D eigenvalue weighted by Gasteiger charge is 2.17. The number of anilines is 1. The van der Waals surface area contributed by atoms with Gasteiger partial charge in [-0.3, -0.25) is 0 Å². The van der Waals surface area contributed by atoms with Crippen LogP contribution >= 0.6 is 11.3 Å². The first-order valence-corrected chi connectivity index (χ1v) is 7.43. The molecule has 3 nitrogen and oxygen atoms in total. The zero-order valence-electron chi connectivity index (χ0n) is 11.3. The molecule has 0 bridgehead atoms. The number of rotatable bonds is 6. The molecule has 2 heterocycles. The largest absolute Gasteiger partial charge is 0.353 e. The van der Waals surface area contributed by atoms with E-state index in [-0.39, 0.29) is 0 Å². The van der Waals surface area contributed by atoms with Gasteiger partial charge in [0.15, 0.2) is 0 Å². The summed E-state index contributed by atoms with van der Waals surface area (Å²) >= 11 is 1.82. The van der Waals surface area contributed by atoms with E-state index < -0.39 is 0 Å². The van der Waals surface area contributed by atoms with Gasteiger partial charge in [0.1, 0.15) is 0 Å². The summed E-state index contributed by atoms with van der Waals surface area (Å²) in [7, 11) is 0. The standard InChI is InChI=1S/C14H21N3S/c1-4-6-12(13-7-5-10-18-13)17-9-8-15-14(17)16-11(2)3/h5,7-12H,4,6H2,1-3H3,(H,15,16). The molecule has 0 saturated heterocycles. The van der Waals surface area contributed by atoms with Crippen molar-refractivity contribution in [3.63, 3.8) is 0 Å². The second-order valence-electron chi connectivity index (χ2n) is 4.78. The number of nitrogens with zero attached hydrogens (tertiary/aromatic N) is 2. The summed E-state index contributed by atoms with van der Waals surface area (Å²) < 4.78 is 2.26. The van der Waals surface area contributed by atoms with Crippen LogP contribution in [0.5, 0.6) is 0 Å². The molecule has 2 rings (SSSR count). The summed E-state index contributed by atoms with van der Waals surface area (Å²) in [5.41, 5.74) is 0. The maximum absolute atomic E-state index is 4.43. The van der Waals surface area contributed by atoms with Crippen molar-refractivity contribution in [2.45, 2.75) is 45.7 Å². The molecule has 0 saturated carbocycles. The number of thiophene rings is 1. The molecule has 2 aromatic heterocycles. The highest BCUT2D eigenvalue weighted by Crippen LogP contribution is 2.29. The third kappa shape index (κ3) is 2.93. The zero-order valence-corrected chi connectivity index (χ0v) is 12.1. The Hall–Kier alpha value is -1.29. The van der Waals surface area contributed by atoms with Crippen molar-refractivity contribution >= 4 is 17.3 Å². The van der Waals surface area contributed by atoms with E-state index in [9.17, 15) is 0 Å². The third-order valence-electron chi connectivity index (χ3n) is 2.86. The van der Waals surface area contributed by atoms with Crippen LogP contribution in [0.15, 0.2) is 29.9 Å². The Labute approximate surface area is 113 Å². The fourth-order valence-electron chi connectivity index (χ4n) is 2.11. The monoisotopic (exact) mass is 263 g/mol. The van der Waals surface area contributed by atoms with Crippen molar-refractivity contribution in [1.29, 1.82) is 0 Å². The van der Waals surface area contributed by atoms with Gasteiger partial charge >= 0.3 is 0 Å². The van der Waals surface area contributed by atoms with Crippen LogP contribution in [0.1, 0.15) is 44.5 Å². The number of hydrogen-bond acceptors (Lipinski definition) is 3. The average Bonchev–Trinajstić information content (AvgIpc) is 2.96. The maximum atomic E-state index is 4.43. The summed E-state index contributed by atoms with van der Waals surface area (Å²) in [5, 5.41) is 5.55. The van der Waals surface area contributed by atoms with Gasteiger partial charge in [0, 0.05) is 23.3 Å². The van der Waals surface area contributed by atoms with E-state index in [0.29, 0.717) is 12.1 Å². The van der Waals surface area contributed by atoms with Crippen LogP contribution in [0, 0.1) is 0 Å². The van der Waals surface area contributed by atoms with Gasteiger partial charge in [0.25, 0.3) is 0 Å². The molecule has 4 heteroatoms. The number of imidazole rings is 1. The maximum Gasteiger partial charge on any atom is 0.203 e. The van der Waals surface area contributed by atoms with E-state index >= 15 is 0 Å². The molecule has 0 aliphatic carbocycles. The Kier molecular flexibility index (Phi) is 4.42. The summed E-state index contributed by atoms with van der Waals surface area (Å²) in [6.07, 6.45) is 6.26. The van der Waals surface area contributed by atoms with Gasteiger partial charge in [-0.2, -0.15) is 0 Å². The first-order chi connectivity index (χ1) is 8.72. The first-order valence-electron chi connectivity index (χ1n) is 6.55. The fourth-order valence-corrected chi connectivity index (χ4v) is 2.97. The molecule has 1 N–H and O–H groups in total. The number of nitrogens with one attached hydrogen (secondary N) is 1. The van der Waals surface area contributed by atoms with E-state index in [4.69, 9.17) is 0 Å². The lowest BCUT2D eigenvalue weighted by Crippen LogP contribution is -2.17.